The van der Waals surface area contributed by atoms with Crippen molar-refractivity contribution in [1.82, 2.24) is 4.98 Å². The summed E-state index contributed by atoms with van der Waals surface area (Å²) in [6.45, 7) is 0. The fraction of sp³-hybridized carbons (Fsp3) is 0.182. The lowest BCUT2D eigenvalue weighted by molar-refractivity contribution is 0.803. The molecule has 0 aromatic carbocycles. The summed E-state index contributed by atoms with van der Waals surface area (Å²) in [5.74, 6) is 0.0219. The molecule has 0 saturated carbocycles. The van der Waals surface area contributed by atoms with E-state index in [9.17, 15) is 0 Å². The molecule has 0 aliphatic heterocycles. The Morgan fingerprint density at radius 3 is 3.08 bits per heavy atom. The van der Waals surface area contributed by atoms with E-state index in [0.717, 1.165) is 12.1 Å². The van der Waals surface area contributed by atoms with Gasteiger partial charge in [-0.2, -0.15) is 5.26 Å². The fourth-order valence-electron chi connectivity index (χ4n) is 2.06. The predicted molar refractivity (Wildman–Crippen MR) is 49.8 cm³/mol. The first-order chi connectivity index (χ1) is 6.40. The van der Waals surface area contributed by atoms with Gasteiger partial charge in [-0.3, -0.25) is 0 Å². The fourth-order valence-corrected chi connectivity index (χ4v) is 2.06. The number of fused-ring (bicyclic) bond motifs is 3. The number of aromatic nitrogens is 1. The minimum Gasteiger partial charge on any atom is -0.363 e. The monoisotopic (exact) mass is 168 g/mol. The van der Waals surface area contributed by atoms with Gasteiger partial charge in [-0.05, 0) is 23.6 Å². The largest absolute Gasteiger partial charge is 0.363 e. The van der Waals surface area contributed by atoms with E-state index in [0.29, 0.717) is 0 Å². The number of aromatic amines is 1. The van der Waals surface area contributed by atoms with E-state index >= 15 is 0 Å². The molecular formula is C11H8N2. The average molecular weight is 168 g/mol. The first-order valence-electron chi connectivity index (χ1n) is 4.38. The Morgan fingerprint density at radius 1 is 1.46 bits per heavy atom. The Labute approximate surface area is 76.2 Å². The zero-order valence-electron chi connectivity index (χ0n) is 7.04. The molecule has 2 heteroatoms. The molecule has 1 N–H and O–H groups in total. The van der Waals surface area contributed by atoms with Crippen LogP contribution in [0, 0.1) is 11.3 Å². The maximum atomic E-state index is 8.97. The minimum absolute atomic E-state index is 0.0219. The molecule has 1 unspecified atom stereocenters. The van der Waals surface area contributed by atoms with Crippen molar-refractivity contribution in [2.45, 2.75) is 12.3 Å². The van der Waals surface area contributed by atoms with Crippen LogP contribution in [0.4, 0.5) is 0 Å². The number of hydrogen-bond donors (Lipinski definition) is 1. The zero-order valence-corrected chi connectivity index (χ0v) is 7.04. The van der Waals surface area contributed by atoms with Crippen LogP contribution < -0.4 is 0 Å². The molecular weight excluding hydrogens is 160 g/mol. The van der Waals surface area contributed by atoms with Crippen molar-refractivity contribution in [2.24, 2.45) is 0 Å². The Hall–Kier alpha value is -1.75. The number of nitrogens with one attached hydrogen (secondary N) is 1. The summed E-state index contributed by atoms with van der Waals surface area (Å²) < 4.78 is 0. The quantitative estimate of drug-likeness (QED) is 0.634. The Balaban J connectivity index is 2.20. The first-order valence-corrected chi connectivity index (χ1v) is 4.38. The molecule has 0 radical (unpaired) electrons. The number of hydrogen-bond acceptors (Lipinski definition) is 1. The van der Waals surface area contributed by atoms with Crippen LogP contribution in [-0.2, 0) is 0 Å². The molecule has 0 amide bonds. The number of H-pyrrole nitrogens is 1. The number of allylic oxidation sites excluding steroid dienone is 4. The van der Waals surface area contributed by atoms with Crippen LogP contribution in [0.3, 0.4) is 0 Å². The van der Waals surface area contributed by atoms with Gasteiger partial charge >= 0.3 is 0 Å². The summed E-state index contributed by atoms with van der Waals surface area (Å²) in [4.78, 5) is 3.15. The third-order valence-corrected chi connectivity index (χ3v) is 2.79. The molecule has 2 aliphatic carbocycles. The van der Waals surface area contributed by atoms with Crippen molar-refractivity contribution >= 4 is 5.57 Å². The number of rotatable bonds is 0. The Bertz CT molecular complexity index is 469. The van der Waals surface area contributed by atoms with Crippen molar-refractivity contribution in [1.29, 1.82) is 5.26 Å². The summed E-state index contributed by atoms with van der Waals surface area (Å²) in [5, 5.41) is 8.97. The molecule has 13 heavy (non-hydrogen) atoms. The van der Waals surface area contributed by atoms with Gasteiger partial charge in [0.25, 0.3) is 0 Å². The highest BCUT2D eigenvalue weighted by Crippen LogP contribution is 2.44. The molecule has 2 nitrogen and oxygen atoms in total. The second kappa shape index (κ2) is 2.14. The minimum atomic E-state index is 0.0219. The van der Waals surface area contributed by atoms with E-state index in [1.807, 2.05) is 6.20 Å². The van der Waals surface area contributed by atoms with Crippen LogP contribution in [0.2, 0.25) is 0 Å². The molecule has 3 rings (SSSR count). The molecule has 1 atom stereocenters. The second-order valence-corrected chi connectivity index (χ2v) is 3.46. The van der Waals surface area contributed by atoms with E-state index in [-0.39, 0.29) is 5.92 Å². The average Bonchev–Trinajstić information content (AvgIpc) is 2.53. The first kappa shape index (κ1) is 6.73. The second-order valence-electron chi connectivity index (χ2n) is 3.46. The lowest BCUT2D eigenvalue weighted by Crippen LogP contribution is -2.12. The zero-order chi connectivity index (χ0) is 8.84. The van der Waals surface area contributed by atoms with E-state index in [1.165, 1.54) is 16.7 Å². The molecule has 1 heterocycles. The van der Waals surface area contributed by atoms with Crippen molar-refractivity contribution < 1.29 is 0 Å². The maximum absolute atomic E-state index is 8.97. The molecule has 0 bridgehead atoms. The summed E-state index contributed by atoms with van der Waals surface area (Å²) >= 11 is 0. The molecule has 1 aromatic rings. The van der Waals surface area contributed by atoms with E-state index in [1.54, 1.807) is 0 Å². The van der Waals surface area contributed by atoms with Gasteiger partial charge in [-0.15, -0.1) is 0 Å². The highest BCUT2D eigenvalue weighted by atomic mass is 14.7. The van der Waals surface area contributed by atoms with Gasteiger partial charge in [0.2, 0.25) is 0 Å². The molecule has 0 fully saturated rings. The summed E-state index contributed by atoms with van der Waals surface area (Å²) in [7, 11) is 0. The Kier molecular flexibility index (Phi) is 1.11. The van der Waals surface area contributed by atoms with E-state index in [2.05, 4.69) is 29.3 Å². The smallest absolute Gasteiger partial charge is 0.0909 e. The Morgan fingerprint density at radius 2 is 2.38 bits per heavy atom. The van der Waals surface area contributed by atoms with E-state index < -0.39 is 0 Å². The molecule has 1 aromatic heterocycles. The molecule has 0 spiro atoms. The van der Waals surface area contributed by atoms with Crippen LogP contribution in [0.5, 0.6) is 0 Å². The summed E-state index contributed by atoms with van der Waals surface area (Å²) in [6.07, 6.45) is 7.01. The molecule has 2 aliphatic rings. The van der Waals surface area contributed by atoms with Crippen LogP contribution in [0.25, 0.3) is 5.57 Å². The van der Waals surface area contributed by atoms with Gasteiger partial charge in [0.1, 0.15) is 0 Å². The topological polar surface area (TPSA) is 39.6 Å². The number of nitriles is 1. The van der Waals surface area contributed by atoms with Crippen LogP contribution in [-0.4, -0.2) is 4.98 Å². The van der Waals surface area contributed by atoms with Gasteiger partial charge in [0, 0.05) is 17.5 Å². The highest BCUT2D eigenvalue weighted by molar-refractivity contribution is 5.89. The predicted octanol–water partition coefficient (Wildman–Crippen LogP) is 2.35. The van der Waals surface area contributed by atoms with Gasteiger partial charge in [-0.1, -0.05) is 12.2 Å². The van der Waals surface area contributed by atoms with Gasteiger partial charge < -0.3 is 4.98 Å². The van der Waals surface area contributed by atoms with Gasteiger partial charge in [0.05, 0.1) is 12.0 Å². The van der Waals surface area contributed by atoms with Crippen molar-refractivity contribution in [3.8, 4) is 6.07 Å². The standard InChI is InChI=1S/C11H8N2/c12-6-8-5-7-1-2-9(7)10-3-4-13-11(8)10/h1-4,8,13H,5H2. The lowest BCUT2D eigenvalue weighted by atomic mass is 9.77. The summed E-state index contributed by atoms with van der Waals surface area (Å²) in [6, 6.07) is 4.38. The van der Waals surface area contributed by atoms with Crippen LogP contribution in [0.15, 0.2) is 30.0 Å². The molecule has 0 saturated heterocycles. The summed E-state index contributed by atoms with van der Waals surface area (Å²) in [5.41, 5.74) is 4.96. The number of nitrogens with zero attached hydrogens (tertiary/aromatic N) is 1. The van der Waals surface area contributed by atoms with E-state index in [4.69, 9.17) is 5.26 Å². The lowest BCUT2D eigenvalue weighted by Gasteiger charge is -2.26. The highest BCUT2D eigenvalue weighted by Gasteiger charge is 2.29. The van der Waals surface area contributed by atoms with Crippen LogP contribution in [0.1, 0.15) is 23.6 Å². The molecule has 62 valence electrons. The van der Waals surface area contributed by atoms with Crippen molar-refractivity contribution in [2.75, 3.05) is 0 Å². The van der Waals surface area contributed by atoms with Crippen LogP contribution >= 0.6 is 0 Å². The maximum Gasteiger partial charge on any atom is 0.0909 e. The normalized spacial score (nSPS) is 23.2. The third-order valence-electron chi connectivity index (χ3n) is 2.79. The van der Waals surface area contributed by atoms with Gasteiger partial charge in [-0.25, -0.2) is 0 Å². The van der Waals surface area contributed by atoms with Crippen molar-refractivity contribution in [3.63, 3.8) is 0 Å². The van der Waals surface area contributed by atoms with Gasteiger partial charge in [0.15, 0.2) is 0 Å². The third kappa shape index (κ3) is 0.714. The SMILES string of the molecule is N#CC1CC2=CC=C2c2cc[nH]c21. The van der Waals surface area contributed by atoms with Crippen molar-refractivity contribution in [3.05, 3.63) is 41.2 Å².